The van der Waals surface area contributed by atoms with E-state index in [1.807, 2.05) is 17.5 Å². The van der Waals surface area contributed by atoms with Gasteiger partial charge in [0.25, 0.3) is 11.8 Å². The molecule has 1 N–H and O–H groups in total. The maximum atomic E-state index is 13.3. The highest BCUT2D eigenvalue weighted by atomic mass is 35.5. The molecule has 8 heteroatoms. The topological polar surface area (TPSA) is 58.6 Å². The highest BCUT2D eigenvalue weighted by Gasteiger charge is 2.40. The summed E-state index contributed by atoms with van der Waals surface area (Å²) in [6, 6.07) is 15.7. The molecule has 5 nitrogen and oxygen atoms in total. The molecule has 3 aromatic rings. The minimum atomic E-state index is -0.416. The van der Waals surface area contributed by atoms with Gasteiger partial charge < -0.3 is 10.1 Å². The van der Waals surface area contributed by atoms with Crippen molar-refractivity contribution in [3.8, 4) is 5.75 Å². The molecule has 1 aromatic heterocycles. The van der Waals surface area contributed by atoms with Crippen LogP contribution in [0.5, 0.6) is 5.75 Å². The molecule has 1 aliphatic heterocycles. The van der Waals surface area contributed by atoms with Crippen molar-refractivity contribution in [3.63, 3.8) is 0 Å². The van der Waals surface area contributed by atoms with E-state index in [0.717, 1.165) is 5.56 Å². The molecule has 1 aliphatic rings. The lowest BCUT2D eigenvalue weighted by molar-refractivity contribution is -0.137. The average Bonchev–Trinajstić information content (AvgIpc) is 3.33. The summed E-state index contributed by atoms with van der Waals surface area (Å²) < 4.78 is 5.37. The first kappa shape index (κ1) is 20.5. The fraction of sp³-hybridized carbons (Fsp3) is 0.0909. The number of anilines is 1. The molecule has 0 radical (unpaired) electrons. The summed E-state index contributed by atoms with van der Waals surface area (Å²) >= 11 is 13.5. The molecule has 2 heterocycles. The van der Waals surface area contributed by atoms with Gasteiger partial charge in [-0.3, -0.25) is 14.5 Å². The van der Waals surface area contributed by atoms with Crippen LogP contribution in [0.4, 0.5) is 5.69 Å². The molecule has 30 heavy (non-hydrogen) atoms. The number of halogens is 2. The van der Waals surface area contributed by atoms with Crippen molar-refractivity contribution in [1.29, 1.82) is 0 Å². The molecule has 2 aromatic carbocycles. The predicted molar refractivity (Wildman–Crippen MR) is 120 cm³/mol. The van der Waals surface area contributed by atoms with E-state index in [0.29, 0.717) is 31.9 Å². The number of nitrogens with one attached hydrogen (secondary N) is 1. The lowest BCUT2D eigenvalue weighted by Crippen LogP contribution is -2.31. The van der Waals surface area contributed by atoms with Gasteiger partial charge in [0.15, 0.2) is 0 Å². The predicted octanol–water partition coefficient (Wildman–Crippen LogP) is 5.46. The zero-order chi connectivity index (χ0) is 21.3. The Bertz CT molecular complexity index is 1140. The number of nitrogens with zero attached hydrogens (tertiary/aromatic N) is 1. The Balaban J connectivity index is 1.73. The SMILES string of the molecule is COc1ccc(Cl)cc1NC1=C(c2cccs2)C(=O)N(Cc2ccc(Cl)cc2)C1=O. The van der Waals surface area contributed by atoms with Crippen molar-refractivity contribution in [2.45, 2.75) is 6.54 Å². The van der Waals surface area contributed by atoms with Gasteiger partial charge in [0, 0.05) is 14.9 Å². The van der Waals surface area contributed by atoms with Crippen molar-refractivity contribution in [1.82, 2.24) is 4.90 Å². The third kappa shape index (κ3) is 3.94. The van der Waals surface area contributed by atoms with Gasteiger partial charge in [-0.05, 0) is 47.3 Å². The Kier molecular flexibility index (Phi) is 5.81. The fourth-order valence-electron chi connectivity index (χ4n) is 3.17. The van der Waals surface area contributed by atoms with Crippen LogP contribution in [0.15, 0.2) is 65.7 Å². The van der Waals surface area contributed by atoms with E-state index in [2.05, 4.69) is 5.32 Å². The Labute approximate surface area is 187 Å². The summed E-state index contributed by atoms with van der Waals surface area (Å²) in [5, 5.41) is 6.02. The number of hydrogen-bond acceptors (Lipinski definition) is 5. The standard InChI is InChI=1S/C22H16Cl2N2O3S/c1-29-17-9-8-15(24)11-16(17)25-20-19(18-3-2-10-30-18)21(27)26(22(20)28)12-13-4-6-14(23)7-5-13/h2-11,25H,12H2,1H3. The Morgan fingerprint density at radius 3 is 2.40 bits per heavy atom. The number of carbonyl (C=O) groups is 2. The smallest absolute Gasteiger partial charge is 0.278 e. The molecule has 0 unspecified atom stereocenters. The number of thiophene rings is 1. The van der Waals surface area contributed by atoms with E-state index in [4.69, 9.17) is 27.9 Å². The largest absolute Gasteiger partial charge is 0.495 e. The Morgan fingerprint density at radius 2 is 1.73 bits per heavy atom. The number of methoxy groups -OCH3 is 1. The van der Waals surface area contributed by atoms with Gasteiger partial charge >= 0.3 is 0 Å². The summed E-state index contributed by atoms with van der Waals surface area (Å²) in [6.07, 6.45) is 0. The van der Waals surface area contributed by atoms with Crippen LogP contribution >= 0.6 is 34.5 Å². The molecule has 0 aliphatic carbocycles. The average molecular weight is 459 g/mol. The molecule has 0 saturated heterocycles. The first-order valence-corrected chi connectivity index (χ1v) is 10.6. The minimum absolute atomic E-state index is 0.140. The Morgan fingerprint density at radius 1 is 1.00 bits per heavy atom. The second-order valence-corrected chi connectivity index (χ2v) is 8.34. The number of ether oxygens (including phenoxy) is 1. The van der Waals surface area contributed by atoms with Crippen molar-refractivity contribution < 1.29 is 14.3 Å². The third-order valence-corrected chi connectivity index (χ3v) is 5.99. The number of carbonyl (C=O) groups excluding carboxylic acids is 2. The van der Waals surface area contributed by atoms with Crippen LogP contribution < -0.4 is 10.1 Å². The van der Waals surface area contributed by atoms with Gasteiger partial charge in [0.1, 0.15) is 11.4 Å². The van der Waals surface area contributed by atoms with Crippen molar-refractivity contribution >= 4 is 57.6 Å². The molecule has 0 bridgehead atoms. The lowest BCUT2D eigenvalue weighted by Gasteiger charge is -2.16. The van der Waals surface area contributed by atoms with E-state index in [9.17, 15) is 9.59 Å². The molecule has 0 atom stereocenters. The lowest BCUT2D eigenvalue weighted by atomic mass is 10.1. The molecule has 2 amide bonds. The van der Waals surface area contributed by atoms with Gasteiger partial charge in [-0.25, -0.2) is 0 Å². The molecular weight excluding hydrogens is 443 g/mol. The van der Waals surface area contributed by atoms with Crippen LogP contribution in [0.2, 0.25) is 10.0 Å². The first-order chi connectivity index (χ1) is 14.5. The quantitative estimate of drug-likeness (QED) is 0.498. The number of hydrogen-bond donors (Lipinski definition) is 1. The van der Waals surface area contributed by atoms with Gasteiger partial charge in [0.2, 0.25) is 0 Å². The van der Waals surface area contributed by atoms with Crippen LogP contribution in [0.25, 0.3) is 5.57 Å². The van der Waals surface area contributed by atoms with Gasteiger partial charge in [-0.2, -0.15) is 0 Å². The number of benzene rings is 2. The first-order valence-electron chi connectivity index (χ1n) is 8.97. The van der Waals surface area contributed by atoms with Crippen molar-refractivity contribution in [2.24, 2.45) is 0 Å². The number of imide groups is 1. The molecule has 152 valence electrons. The van der Waals surface area contributed by atoms with Crippen LogP contribution in [0.1, 0.15) is 10.4 Å². The van der Waals surface area contributed by atoms with E-state index in [1.165, 1.54) is 23.3 Å². The molecule has 0 saturated carbocycles. The number of amides is 2. The van der Waals surface area contributed by atoms with Crippen molar-refractivity contribution in [2.75, 3.05) is 12.4 Å². The highest BCUT2D eigenvalue weighted by Crippen LogP contribution is 2.36. The van der Waals surface area contributed by atoms with Crippen LogP contribution in [0, 0.1) is 0 Å². The third-order valence-electron chi connectivity index (χ3n) is 4.61. The van der Waals surface area contributed by atoms with Crippen LogP contribution in [-0.2, 0) is 16.1 Å². The second-order valence-electron chi connectivity index (χ2n) is 6.52. The molecule has 0 fully saturated rings. The maximum absolute atomic E-state index is 13.3. The van der Waals surface area contributed by atoms with Gasteiger partial charge in [-0.15, -0.1) is 11.3 Å². The summed E-state index contributed by atoms with van der Waals surface area (Å²) in [4.78, 5) is 28.4. The van der Waals surface area contributed by atoms with E-state index >= 15 is 0 Å². The van der Waals surface area contributed by atoms with E-state index < -0.39 is 5.91 Å². The maximum Gasteiger partial charge on any atom is 0.278 e. The minimum Gasteiger partial charge on any atom is -0.495 e. The van der Waals surface area contributed by atoms with E-state index in [-0.39, 0.29) is 18.1 Å². The van der Waals surface area contributed by atoms with Crippen LogP contribution in [0.3, 0.4) is 0 Å². The molecule has 0 spiro atoms. The van der Waals surface area contributed by atoms with Crippen LogP contribution in [-0.4, -0.2) is 23.8 Å². The van der Waals surface area contributed by atoms with Crippen molar-refractivity contribution in [3.05, 3.63) is 86.2 Å². The number of rotatable bonds is 6. The highest BCUT2D eigenvalue weighted by molar-refractivity contribution is 7.11. The summed E-state index contributed by atoms with van der Waals surface area (Å²) in [7, 11) is 1.53. The fourth-order valence-corrected chi connectivity index (χ4v) is 4.24. The summed E-state index contributed by atoms with van der Waals surface area (Å²) in [5.41, 5.74) is 1.82. The second kappa shape index (κ2) is 8.52. The summed E-state index contributed by atoms with van der Waals surface area (Å²) in [5.74, 6) is -0.268. The normalized spacial score (nSPS) is 13.9. The zero-order valence-corrected chi connectivity index (χ0v) is 18.1. The Hall–Kier alpha value is -2.80. The van der Waals surface area contributed by atoms with Gasteiger partial charge in [0.05, 0.1) is 24.9 Å². The molecule has 4 rings (SSSR count). The zero-order valence-electron chi connectivity index (χ0n) is 15.8. The van der Waals surface area contributed by atoms with Gasteiger partial charge in [-0.1, -0.05) is 41.4 Å². The van der Waals surface area contributed by atoms with E-state index in [1.54, 1.807) is 42.5 Å². The molecular formula is C22H16Cl2N2O3S. The monoisotopic (exact) mass is 458 g/mol. The summed E-state index contributed by atoms with van der Waals surface area (Å²) in [6.45, 7) is 0.140.